The van der Waals surface area contributed by atoms with Crippen LogP contribution in [0.3, 0.4) is 0 Å². The summed E-state index contributed by atoms with van der Waals surface area (Å²) in [4.78, 5) is 36.7. The van der Waals surface area contributed by atoms with Gasteiger partial charge in [-0.3, -0.25) is 9.59 Å². The molecule has 1 aliphatic rings. The van der Waals surface area contributed by atoms with Gasteiger partial charge in [-0.15, -0.1) is 0 Å². The summed E-state index contributed by atoms with van der Waals surface area (Å²) >= 11 is 12.1. The van der Waals surface area contributed by atoms with Crippen LogP contribution in [-0.4, -0.2) is 43.5 Å². The number of rotatable bonds is 7. The highest BCUT2D eigenvalue weighted by Crippen LogP contribution is 2.25. The number of anilines is 1. The number of hydrogen-bond donors (Lipinski definition) is 3. The van der Waals surface area contributed by atoms with Crippen LogP contribution in [0.2, 0.25) is 10.0 Å². The van der Waals surface area contributed by atoms with E-state index < -0.39 is 17.9 Å². The Balaban J connectivity index is 1.65. The number of halogens is 2. The number of amides is 2. The maximum absolute atomic E-state index is 12.5. The number of benzene rings is 2. The molecule has 3 N–H and O–H groups in total. The first-order valence-corrected chi connectivity index (χ1v) is 10.1. The van der Waals surface area contributed by atoms with Gasteiger partial charge in [-0.05, 0) is 42.8 Å². The van der Waals surface area contributed by atoms with E-state index in [1.165, 1.54) is 7.11 Å². The number of hydrogen-bond acceptors (Lipinski definition) is 5. The van der Waals surface area contributed by atoms with E-state index in [9.17, 15) is 14.4 Å². The van der Waals surface area contributed by atoms with Gasteiger partial charge < -0.3 is 20.7 Å². The van der Waals surface area contributed by atoms with Crippen molar-refractivity contribution in [3.05, 3.63) is 63.6 Å². The van der Waals surface area contributed by atoms with E-state index >= 15 is 0 Å². The lowest BCUT2D eigenvalue weighted by Gasteiger charge is -2.28. The Morgan fingerprint density at radius 2 is 1.77 bits per heavy atom. The maximum atomic E-state index is 12.5. The van der Waals surface area contributed by atoms with Crippen molar-refractivity contribution in [3.63, 3.8) is 0 Å². The van der Waals surface area contributed by atoms with Crippen molar-refractivity contribution >= 4 is 46.7 Å². The van der Waals surface area contributed by atoms with Crippen LogP contribution in [0, 0.1) is 0 Å². The molecule has 1 aliphatic heterocycles. The Bertz CT molecular complexity index is 926. The lowest BCUT2D eigenvalue weighted by molar-refractivity contribution is -0.145. The predicted molar refractivity (Wildman–Crippen MR) is 115 cm³/mol. The minimum Gasteiger partial charge on any atom is -0.467 e. The highest BCUT2D eigenvalue weighted by atomic mass is 35.5. The topological polar surface area (TPSA) is 96.5 Å². The molecular formula is C21H21Cl2N3O4. The molecule has 1 saturated heterocycles. The van der Waals surface area contributed by atoms with Gasteiger partial charge in [0.2, 0.25) is 5.91 Å². The van der Waals surface area contributed by atoms with E-state index in [-0.39, 0.29) is 34.0 Å². The highest BCUT2D eigenvalue weighted by molar-refractivity contribution is 6.40. The molecule has 30 heavy (non-hydrogen) atoms. The second-order valence-electron chi connectivity index (χ2n) is 6.83. The molecule has 158 valence electrons. The average molecular weight is 450 g/mol. The van der Waals surface area contributed by atoms with Gasteiger partial charge in [-0.25, -0.2) is 4.79 Å². The Morgan fingerprint density at radius 1 is 1.13 bits per heavy atom. The molecule has 0 unspecified atom stereocenters. The first-order chi connectivity index (χ1) is 14.4. The summed E-state index contributed by atoms with van der Waals surface area (Å²) in [6.07, 6.45) is 0.999. The van der Waals surface area contributed by atoms with Crippen molar-refractivity contribution in [1.82, 2.24) is 10.6 Å². The third-order valence-corrected chi connectivity index (χ3v) is 5.41. The summed E-state index contributed by atoms with van der Waals surface area (Å²) in [5.41, 5.74) is 1.53. The van der Waals surface area contributed by atoms with Gasteiger partial charge in [0.1, 0.15) is 6.04 Å². The Labute approximate surface area is 184 Å². The molecule has 0 bridgehead atoms. The van der Waals surface area contributed by atoms with Gasteiger partial charge in [-0.2, -0.15) is 0 Å². The molecule has 0 radical (unpaired) electrons. The quantitative estimate of drug-likeness (QED) is 0.564. The fourth-order valence-electron chi connectivity index (χ4n) is 2.99. The molecule has 1 fully saturated rings. The zero-order valence-electron chi connectivity index (χ0n) is 16.2. The van der Waals surface area contributed by atoms with Gasteiger partial charge >= 0.3 is 5.97 Å². The van der Waals surface area contributed by atoms with Crippen molar-refractivity contribution in [2.45, 2.75) is 24.9 Å². The highest BCUT2D eigenvalue weighted by Gasteiger charge is 2.29. The van der Waals surface area contributed by atoms with Crippen LogP contribution in [0.1, 0.15) is 22.3 Å². The molecule has 0 spiro atoms. The number of carbonyl (C=O) groups is 3. The standard InChI is InChI=1S/C21H21Cl2N3O4/c1-30-21(29)17(26-19(27)16-9-10-24-16)11-12-5-7-13(8-6-12)25-20(28)18-14(22)3-2-4-15(18)23/h2-8,16-17,24H,9-11H2,1H3,(H,25,28)(H,26,27)/t16-,17+/m0/s1. The summed E-state index contributed by atoms with van der Waals surface area (Å²) in [7, 11) is 1.28. The van der Waals surface area contributed by atoms with Crippen LogP contribution >= 0.6 is 23.2 Å². The van der Waals surface area contributed by atoms with Crippen LogP contribution in [0.25, 0.3) is 0 Å². The molecule has 3 rings (SSSR count). The Hall–Kier alpha value is -2.61. The van der Waals surface area contributed by atoms with E-state index in [2.05, 4.69) is 16.0 Å². The molecule has 9 heteroatoms. The van der Waals surface area contributed by atoms with Crippen molar-refractivity contribution < 1.29 is 19.1 Å². The molecule has 0 aliphatic carbocycles. The normalized spacial score (nSPS) is 16.2. The minimum atomic E-state index is -0.799. The molecule has 0 saturated carbocycles. The number of ether oxygens (including phenoxy) is 1. The SMILES string of the molecule is COC(=O)[C@@H](Cc1ccc(NC(=O)c2c(Cl)cccc2Cl)cc1)NC(=O)[C@@H]1CCN1. The van der Waals surface area contributed by atoms with E-state index in [0.29, 0.717) is 5.69 Å². The van der Waals surface area contributed by atoms with Crippen molar-refractivity contribution in [2.24, 2.45) is 0 Å². The number of carbonyl (C=O) groups excluding carboxylic acids is 3. The smallest absolute Gasteiger partial charge is 0.328 e. The molecule has 2 aromatic carbocycles. The lowest BCUT2D eigenvalue weighted by Crippen LogP contribution is -2.56. The largest absolute Gasteiger partial charge is 0.467 e. The molecule has 7 nitrogen and oxygen atoms in total. The first kappa shape index (κ1) is 22.1. The van der Waals surface area contributed by atoms with Gasteiger partial charge in [-0.1, -0.05) is 41.4 Å². The van der Waals surface area contributed by atoms with Gasteiger partial charge in [0.25, 0.3) is 5.91 Å². The van der Waals surface area contributed by atoms with Crippen molar-refractivity contribution in [1.29, 1.82) is 0 Å². The minimum absolute atomic E-state index is 0.197. The van der Waals surface area contributed by atoms with Crippen LogP contribution in [0.4, 0.5) is 5.69 Å². The lowest BCUT2D eigenvalue weighted by atomic mass is 10.0. The molecule has 2 amide bonds. The molecule has 1 heterocycles. The average Bonchev–Trinajstić information content (AvgIpc) is 2.66. The summed E-state index contributed by atoms with van der Waals surface area (Å²) < 4.78 is 4.81. The fraction of sp³-hybridized carbons (Fsp3) is 0.286. The van der Waals surface area contributed by atoms with E-state index in [0.717, 1.165) is 18.5 Å². The second-order valence-corrected chi connectivity index (χ2v) is 7.65. The van der Waals surface area contributed by atoms with Crippen LogP contribution in [0.15, 0.2) is 42.5 Å². The third kappa shape index (κ3) is 5.30. The molecule has 2 aromatic rings. The van der Waals surface area contributed by atoms with Crippen LogP contribution < -0.4 is 16.0 Å². The van der Waals surface area contributed by atoms with Gasteiger partial charge in [0, 0.05) is 12.1 Å². The molecular weight excluding hydrogens is 429 g/mol. The van der Waals surface area contributed by atoms with Crippen molar-refractivity contribution in [2.75, 3.05) is 19.0 Å². The van der Waals surface area contributed by atoms with E-state index in [1.807, 2.05) is 0 Å². The van der Waals surface area contributed by atoms with Gasteiger partial charge in [0.05, 0.1) is 28.8 Å². The third-order valence-electron chi connectivity index (χ3n) is 4.78. The monoisotopic (exact) mass is 449 g/mol. The zero-order chi connectivity index (χ0) is 21.7. The Morgan fingerprint density at radius 3 is 2.30 bits per heavy atom. The summed E-state index contributed by atoms with van der Waals surface area (Å²) in [6.45, 7) is 0.785. The van der Waals surface area contributed by atoms with E-state index in [1.54, 1.807) is 42.5 Å². The maximum Gasteiger partial charge on any atom is 0.328 e. The number of esters is 1. The van der Waals surface area contributed by atoms with Gasteiger partial charge in [0.15, 0.2) is 0 Å². The molecule has 2 atom stereocenters. The fourth-order valence-corrected chi connectivity index (χ4v) is 3.56. The predicted octanol–water partition coefficient (Wildman–Crippen LogP) is 2.81. The van der Waals surface area contributed by atoms with Crippen LogP contribution in [-0.2, 0) is 20.7 Å². The number of methoxy groups -OCH3 is 1. The zero-order valence-corrected chi connectivity index (χ0v) is 17.7. The summed E-state index contributed by atoms with van der Waals surface area (Å²) in [6, 6.07) is 10.7. The number of nitrogens with one attached hydrogen (secondary N) is 3. The second kappa shape index (κ2) is 9.93. The summed E-state index contributed by atoms with van der Waals surface area (Å²) in [5, 5.41) is 8.98. The summed E-state index contributed by atoms with van der Waals surface area (Å²) in [5.74, 6) is -1.17. The van der Waals surface area contributed by atoms with Crippen molar-refractivity contribution in [3.8, 4) is 0 Å². The van der Waals surface area contributed by atoms with Crippen LogP contribution in [0.5, 0.6) is 0 Å². The Kier molecular flexibility index (Phi) is 7.31. The van der Waals surface area contributed by atoms with E-state index in [4.69, 9.17) is 27.9 Å². The first-order valence-electron chi connectivity index (χ1n) is 9.35. The molecule has 0 aromatic heterocycles.